The van der Waals surface area contributed by atoms with Crippen LogP contribution in [-0.4, -0.2) is 54.2 Å². The number of piperazine rings is 1. The Balaban J connectivity index is 1.26. The first-order valence-electron chi connectivity index (χ1n) is 9.29. The maximum Gasteiger partial charge on any atom is 0.234 e. The summed E-state index contributed by atoms with van der Waals surface area (Å²) in [6, 6.07) is 6.61. The van der Waals surface area contributed by atoms with Gasteiger partial charge in [0.25, 0.3) is 0 Å². The second-order valence-electron chi connectivity index (χ2n) is 7.23. The average Bonchev–Trinajstić information content (AvgIpc) is 3.20. The zero-order valence-corrected chi connectivity index (χ0v) is 17.7. The van der Waals surface area contributed by atoms with Crippen molar-refractivity contribution in [3.8, 4) is 0 Å². The lowest BCUT2D eigenvalue weighted by Crippen LogP contribution is -2.49. The van der Waals surface area contributed by atoms with Crippen LogP contribution in [0.25, 0.3) is 0 Å². The van der Waals surface area contributed by atoms with Gasteiger partial charge in [-0.05, 0) is 22.0 Å². The molecule has 1 fully saturated rings. The predicted molar refractivity (Wildman–Crippen MR) is 110 cm³/mol. The van der Waals surface area contributed by atoms with Crippen LogP contribution in [0.15, 0.2) is 33.4 Å². The maximum atomic E-state index is 13.8. The van der Waals surface area contributed by atoms with Gasteiger partial charge in [-0.15, -0.1) is 11.3 Å². The molecule has 2 heterocycles. The van der Waals surface area contributed by atoms with Gasteiger partial charge in [0.05, 0.1) is 16.4 Å². The van der Waals surface area contributed by atoms with E-state index in [-0.39, 0.29) is 23.5 Å². The summed E-state index contributed by atoms with van der Waals surface area (Å²) in [5, 5.41) is 4.86. The van der Waals surface area contributed by atoms with E-state index in [2.05, 4.69) is 31.0 Å². The molecule has 0 saturated carbocycles. The number of amides is 1. The van der Waals surface area contributed by atoms with Crippen LogP contribution in [0.2, 0.25) is 0 Å². The number of carbonyl (C=O) groups excluding carboxylic acids is 2. The molecule has 1 amide bonds. The number of carbonyl (C=O) groups is 2. The minimum absolute atomic E-state index is 0.0636. The molecule has 1 unspecified atom stereocenters. The Hall–Kier alpha value is -1.61. The summed E-state index contributed by atoms with van der Waals surface area (Å²) >= 11 is 4.97. The van der Waals surface area contributed by atoms with Gasteiger partial charge in [-0.1, -0.05) is 18.2 Å². The normalized spacial score (nSPS) is 20.4. The second-order valence-corrected chi connectivity index (χ2v) is 9.43. The van der Waals surface area contributed by atoms with Crippen LogP contribution in [-0.2, 0) is 11.3 Å². The first-order valence-corrected chi connectivity index (χ1v) is 11.0. The zero-order valence-electron chi connectivity index (χ0n) is 15.3. The van der Waals surface area contributed by atoms with Gasteiger partial charge in [-0.25, -0.2) is 4.39 Å². The van der Waals surface area contributed by atoms with E-state index in [9.17, 15) is 14.0 Å². The first-order chi connectivity index (χ1) is 13.5. The van der Waals surface area contributed by atoms with Crippen LogP contribution in [0.1, 0.15) is 33.9 Å². The summed E-state index contributed by atoms with van der Waals surface area (Å²) < 4.78 is 14.7. The molecule has 1 N–H and O–H groups in total. The number of hydrogen-bond acceptors (Lipinski definition) is 5. The van der Waals surface area contributed by atoms with Crippen LogP contribution in [0, 0.1) is 5.82 Å². The molecule has 2 aliphatic rings. The molecule has 0 spiro atoms. The van der Waals surface area contributed by atoms with Gasteiger partial charge in [-0.3, -0.25) is 19.4 Å². The largest absolute Gasteiger partial charge is 0.348 e. The van der Waals surface area contributed by atoms with Gasteiger partial charge in [0, 0.05) is 61.2 Å². The number of thiophene rings is 1. The van der Waals surface area contributed by atoms with Crippen molar-refractivity contribution in [2.24, 2.45) is 0 Å². The lowest BCUT2D eigenvalue weighted by molar-refractivity contribution is -0.123. The molecule has 0 bridgehead atoms. The molecule has 8 heteroatoms. The van der Waals surface area contributed by atoms with E-state index in [1.807, 2.05) is 17.5 Å². The van der Waals surface area contributed by atoms with E-state index in [4.69, 9.17) is 0 Å². The number of fused-ring (bicyclic) bond motifs is 1. The number of nitrogens with one attached hydrogen (secondary N) is 1. The third-order valence-corrected chi connectivity index (χ3v) is 7.11. The molecule has 1 aromatic carbocycles. The molecule has 1 saturated heterocycles. The van der Waals surface area contributed by atoms with Gasteiger partial charge in [0.2, 0.25) is 5.91 Å². The van der Waals surface area contributed by atoms with E-state index < -0.39 is 0 Å². The summed E-state index contributed by atoms with van der Waals surface area (Å²) in [5.41, 5.74) is 2.35. The Bertz CT molecular complexity index is 895. The highest BCUT2D eigenvalue weighted by Crippen LogP contribution is 2.40. The van der Waals surface area contributed by atoms with Gasteiger partial charge in [-0.2, -0.15) is 0 Å². The molecular weight excluding hydrogens is 445 g/mol. The van der Waals surface area contributed by atoms with E-state index >= 15 is 0 Å². The second kappa shape index (κ2) is 8.41. The molecule has 148 valence electrons. The monoisotopic (exact) mass is 465 g/mol. The standard InChI is InChI=1S/C20H21BrFN3O2S/c21-20-19-14(12-28-20)17(26)9-16(19)23-18(27)11-25-7-5-24(6-8-25)10-13-3-1-2-4-15(13)22/h1-4,12,16H,5-11H2,(H,23,27). The molecule has 2 aromatic rings. The van der Waals surface area contributed by atoms with Crippen LogP contribution < -0.4 is 5.32 Å². The quantitative estimate of drug-likeness (QED) is 0.736. The Morgan fingerprint density at radius 3 is 2.68 bits per heavy atom. The molecule has 1 aromatic heterocycles. The van der Waals surface area contributed by atoms with Crippen molar-refractivity contribution in [1.82, 2.24) is 15.1 Å². The molecular formula is C20H21BrFN3O2S. The van der Waals surface area contributed by atoms with Crippen molar-refractivity contribution in [1.29, 1.82) is 0 Å². The molecule has 1 atom stereocenters. The van der Waals surface area contributed by atoms with Crippen LogP contribution in [0.3, 0.4) is 0 Å². The van der Waals surface area contributed by atoms with E-state index in [1.54, 1.807) is 6.07 Å². The molecule has 28 heavy (non-hydrogen) atoms. The Labute approximate surface area is 175 Å². The summed E-state index contributed by atoms with van der Waals surface area (Å²) in [5.74, 6) is -0.148. The highest BCUT2D eigenvalue weighted by Gasteiger charge is 2.34. The fourth-order valence-electron chi connectivity index (χ4n) is 3.82. The topological polar surface area (TPSA) is 52.7 Å². The van der Waals surface area contributed by atoms with Gasteiger partial charge < -0.3 is 5.32 Å². The SMILES string of the molecule is O=C(CN1CCN(Cc2ccccc2F)CC1)NC1CC(=O)c2csc(Br)c21. The fraction of sp³-hybridized carbons (Fsp3) is 0.400. The van der Waals surface area contributed by atoms with Crippen molar-refractivity contribution in [2.75, 3.05) is 32.7 Å². The highest BCUT2D eigenvalue weighted by atomic mass is 79.9. The van der Waals surface area contributed by atoms with Crippen molar-refractivity contribution in [3.63, 3.8) is 0 Å². The lowest BCUT2D eigenvalue weighted by Gasteiger charge is -2.34. The summed E-state index contributed by atoms with van der Waals surface area (Å²) in [4.78, 5) is 28.9. The molecule has 4 rings (SSSR count). The minimum atomic E-state index is -0.238. The van der Waals surface area contributed by atoms with Crippen molar-refractivity contribution in [3.05, 3.63) is 55.9 Å². The molecule has 1 aliphatic heterocycles. The smallest absolute Gasteiger partial charge is 0.234 e. The predicted octanol–water partition coefficient (Wildman–Crippen LogP) is 3.21. The maximum absolute atomic E-state index is 13.8. The van der Waals surface area contributed by atoms with Crippen molar-refractivity contribution >= 4 is 39.0 Å². The van der Waals surface area contributed by atoms with Crippen molar-refractivity contribution < 1.29 is 14.0 Å². The third-order valence-electron chi connectivity index (χ3n) is 5.34. The molecule has 1 aliphatic carbocycles. The number of hydrogen-bond donors (Lipinski definition) is 1. The summed E-state index contributed by atoms with van der Waals surface area (Å²) in [6.07, 6.45) is 0.332. The summed E-state index contributed by atoms with van der Waals surface area (Å²) in [7, 11) is 0. The van der Waals surface area contributed by atoms with E-state index in [0.29, 0.717) is 25.1 Å². The van der Waals surface area contributed by atoms with E-state index in [0.717, 1.165) is 41.1 Å². The molecule has 0 radical (unpaired) electrons. The molecule has 5 nitrogen and oxygen atoms in total. The number of halogens is 2. The summed E-state index contributed by atoms with van der Waals surface area (Å²) in [6.45, 7) is 4.02. The van der Waals surface area contributed by atoms with Crippen LogP contribution in [0.4, 0.5) is 4.39 Å². The van der Waals surface area contributed by atoms with Gasteiger partial charge in [0.1, 0.15) is 5.82 Å². The number of rotatable bonds is 5. The number of benzene rings is 1. The third kappa shape index (κ3) is 4.20. The fourth-order valence-corrected chi connectivity index (χ4v) is 5.45. The zero-order chi connectivity index (χ0) is 19.7. The number of Topliss-reactive ketones (excluding diaryl/α,β-unsaturated/α-hetero) is 1. The highest BCUT2D eigenvalue weighted by molar-refractivity contribution is 9.11. The minimum Gasteiger partial charge on any atom is -0.348 e. The number of nitrogens with zero attached hydrogens (tertiary/aromatic N) is 2. The van der Waals surface area contributed by atoms with Gasteiger partial charge >= 0.3 is 0 Å². The average molecular weight is 466 g/mol. The Morgan fingerprint density at radius 1 is 1.21 bits per heavy atom. The van der Waals surface area contributed by atoms with Gasteiger partial charge in [0.15, 0.2) is 5.78 Å². The first kappa shape index (κ1) is 19.7. The Morgan fingerprint density at radius 2 is 1.93 bits per heavy atom. The Kier molecular flexibility index (Phi) is 5.91. The van der Waals surface area contributed by atoms with E-state index in [1.165, 1.54) is 17.4 Å². The van der Waals surface area contributed by atoms with Crippen molar-refractivity contribution in [2.45, 2.75) is 19.0 Å². The lowest BCUT2D eigenvalue weighted by atomic mass is 10.1. The number of ketones is 1. The van der Waals surface area contributed by atoms with Crippen LogP contribution in [0.5, 0.6) is 0 Å². The van der Waals surface area contributed by atoms with Crippen LogP contribution >= 0.6 is 27.3 Å².